The van der Waals surface area contributed by atoms with E-state index in [1.165, 1.54) is 27.5 Å². The predicted molar refractivity (Wildman–Crippen MR) is 101 cm³/mol. The summed E-state index contributed by atoms with van der Waals surface area (Å²) in [5, 5.41) is 6.09. The van der Waals surface area contributed by atoms with Crippen molar-refractivity contribution in [3.05, 3.63) is 82.9 Å². The van der Waals surface area contributed by atoms with E-state index in [0.717, 1.165) is 31.4 Å². The number of nitrogens with one attached hydrogen (secondary N) is 1. The molecule has 1 aliphatic heterocycles. The van der Waals surface area contributed by atoms with Gasteiger partial charge in [0.1, 0.15) is 0 Å². The third-order valence-electron chi connectivity index (χ3n) is 5.90. The van der Waals surface area contributed by atoms with Crippen molar-refractivity contribution in [3.63, 3.8) is 0 Å². The molecule has 0 amide bonds. The summed E-state index contributed by atoms with van der Waals surface area (Å²) in [7, 11) is 0. The number of hydrogen-bond donors (Lipinski definition) is 1. The second-order valence-electron chi connectivity index (χ2n) is 7.20. The molecule has 0 saturated carbocycles. The molecule has 0 bridgehead atoms. The number of fused-ring (bicyclic) bond motifs is 4. The lowest BCUT2D eigenvalue weighted by Crippen LogP contribution is -2.39. The van der Waals surface area contributed by atoms with Crippen molar-refractivity contribution in [2.75, 3.05) is 6.54 Å². The minimum absolute atomic E-state index is 0.0371. The van der Waals surface area contributed by atoms with Crippen LogP contribution in [-0.4, -0.2) is 12.3 Å². The summed E-state index contributed by atoms with van der Waals surface area (Å²) < 4.78 is 0. The summed E-state index contributed by atoms with van der Waals surface area (Å²) in [6.07, 6.45) is 2.95. The van der Waals surface area contributed by atoms with Crippen molar-refractivity contribution in [1.82, 2.24) is 5.32 Å². The fourth-order valence-corrected chi connectivity index (χ4v) is 4.68. The Bertz CT molecular complexity index is 975. The number of carbonyl (C=O) groups excluding carboxylic acids is 1. The molecule has 0 aromatic heterocycles. The van der Waals surface area contributed by atoms with Crippen LogP contribution in [0.3, 0.4) is 0 Å². The molecule has 1 aliphatic carbocycles. The fourth-order valence-electron chi connectivity index (χ4n) is 4.68. The van der Waals surface area contributed by atoms with Crippen molar-refractivity contribution in [1.29, 1.82) is 0 Å². The lowest BCUT2D eigenvalue weighted by Gasteiger charge is -2.35. The highest BCUT2D eigenvalue weighted by Crippen LogP contribution is 2.39. The lowest BCUT2D eigenvalue weighted by molar-refractivity contribution is 0.0864. The summed E-state index contributed by atoms with van der Waals surface area (Å²) in [6.45, 7) is 0.954. The van der Waals surface area contributed by atoms with E-state index in [4.69, 9.17) is 0 Å². The van der Waals surface area contributed by atoms with Gasteiger partial charge in [-0.1, -0.05) is 60.7 Å². The standard InChI is InChI=1S/C23H21NO/c25-23-20-10-9-15-5-1-3-7-17(15)19(20)11-12-21(23)22-18-8-4-2-6-16(18)13-14-24-22/h1-10,21-22,24H,11-14H2/t21-,22-/m1/s1. The maximum atomic E-state index is 13.3. The number of carbonyl (C=O) groups is 1. The van der Waals surface area contributed by atoms with Crippen molar-refractivity contribution < 1.29 is 4.79 Å². The molecule has 0 unspecified atom stereocenters. The van der Waals surface area contributed by atoms with Gasteiger partial charge >= 0.3 is 0 Å². The summed E-state index contributed by atoms with van der Waals surface area (Å²) in [5.74, 6) is 0.344. The van der Waals surface area contributed by atoms with Crippen molar-refractivity contribution in [2.45, 2.75) is 25.3 Å². The van der Waals surface area contributed by atoms with Crippen LogP contribution < -0.4 is 5.32 Å². The van der Waals surface area contributed by atoms with Crippen LogP contribution in [0.4, 0.5) is 0 Å². The molecule has 2 atom stereocenters. The van der Waals surface area contributed by atoms with Crippen LogP contribution in [0.1, 0.15) is 39.5 Å². The Balaban J connectivity index is 1.57. The Hall–Kier alpha value is -2.45. The van der Waals surface area contributed by atoms with Gasteiger partial charge in [0.25, 0.3) is 0 Å². The fraction of sp³-hybridized carbons (Fsp3) is 0.261. The number of aryl methyl sites for hydroxylation is 1. The van der Waals surface area contributed by atoms with Gasteiger partial charge in [-0.15, -0.1) is 0 Å². The Morgan fingerprint density at radius 1 is 0.880 bits per heavy atom. The first-order valence-electron chi connectivity index (χ1n) is 9.19. The van der Waals surface area contributed by atoms with E-state index in [1.54, 1.807) is 0 Å². The molecule has 3 aromatic rings. The lowest BCUT2D eigenvalue weighted by atomic mass is 9.74. The molecule has 1 N–H and O–H groups in total. The second-order valence-corrected chi connectivity index (χ2v) is 7.20. The number of hydrogen-bond acceptors (Lipinski definition) is 2. The molecule has 0 spiro atoms. The topological polar surface area (TPSA) is 29.1 Å². The average Bonchev–Trinajstić information content (AvgIpc) is 2.68. The molecule has 0 radical (unpaired) electrons. The third kappa shape index (κ3) is 2.32. The predicted octanol–water partition coefficient (Wildman–Crippen LogP) is 4.47. The van der Waals surface area contributed by atoms with E-state index in [0.29, 0.717) is 5.78 Å². The van der Waals surface area contributed by atoms with Gasteiger partial charge in [0.2, 0.25) is 0 Å². The smallest absolute Gasteiger partial charge is 0.168 e. The third-order valence-corrected chi connectivity index (χ3v) is 5.90. The quantitative estimate of drug-likeness (QED) is 0.714. The zero-order valence-electron chi connectivity index (χ0n) is 14.2. The average molecular weight is 327 g/mol. The Labute approximate surface area is 147 Å². The molecule has 2 nitrogen and oxygen atoms in total. The van der Waals surface area contributed by atoms with Crippen LogP contribution in [0.15, 0.2) is 60.7 Å². The van der Waals surface area contributed by atoms with Gasteiger partial charge in [-0.3, -0.25) is 4.79 Å². The van der Waals surface area contributed by atoms with E-state index in [-0.39, 0.29) is 12.0 Å². The summed E-state index contributed by atoms with van der Waals surface area (Å²) in [4.78, 5) is 13.3. The van der Waals surface area contributed by atoms with E-state index < -0.39 is 0 Å². The molecular weight excluding hydrogens is 306 g/mol. The van der Waals surface area contributed by atoms with Gasteiger partial charge in [-0.05, 0) is 53.3 Å². The van der Waals surface area contributed by atoms with Crippen LogP contribution in [0, 0.1) is 5.92 Å². The highest BCUT2D eigenvalue weighted by molar-refractivity contribution is 6.05. The maximum Gasteiger partial charge on any atom is 0.168 e. The van der Waals surface area contributed by atoms with E-state index in [9.17, 15) is 4.79 Å². The monoisotopic (exact) mass is 327 g/mol. The number of rotatable bonds is 1. The summed E-state index contributed by atoms with van der Waals surface area (Å²) in [5.41, 5.74) is 4.88. The molecule has 3 aromatic carbocycles. The Morgan fingerprint density at radius 2 is 1.72 bits per heavy atom. The van der Waals surface area contributed by atoms with Crippen LogP contribution in [0.5, 0.6) is 0 Å². The van der Waals surface area contributed by atoms with Crippen LogP contribution in [0.25, 0.3) is 10.8 Å². The molecule has 5 rings (SSSR count). The maximum absolute atomic E-state index is 13.3. The molecule has 0 saturated heterocycles. The molecule has 124 valence electrons. The number of ketones is 1. The van der Waals surface area contributed by atoms with Gasteiger partial charge in [0, 0.05) is 17.5 Å². The van der Waals surface area contributed by atoms with Crippen LogP contribution >= 0.6 is 0 Å². The SMILES string of the molecule is O=C1c2ccc3ccccc3c2CC[C@@H]1[C@@H]1NCCc2ccccc21. The minimum Gasteiger partial charge on any atom is -0.309 e. The van der Waals surface area contributed by atoms with Gasteiger partial charge in [0.15, 0.2) is 5.78 Å². The number of benzene rings is 3. The minimum atomic E-state index is 0.0371. The molecule has 25 heavy (non-hydrogen) atoms. The molecule has 2 aliphatic rings. The first-order valence-corrected chi connectivity index (χ1v) is 9.19. The van der Waals surface area contributed by atoms with Crippen molar-refractivity contribution in [3.8, 4) is 0 Å². The zero-order valence-corrected chi connectivity index (χ0v) is 14.2. The van der Waals surface area contributed by atoms with E-state index >= 15 is 0 Å². The van der Waals surface area contributed by atoms with E-state index in [2.05, 4.69) is 59.9 Å². The first kappa shape index (κ1) is 14.9. The number of Topliss-reactive ketones (excluding diaryl/α,β-unsaturated/α-hetero) is 1. The second kappa shape index (κ2) is 5.82. The highest BCUT2D eigenvalue weighted by atomic mass is 16.1. The highest BCUT2D eigenvalue weighted by Gasteiger charge is 2.36. The van der Waals surface area contributed by atoms with Crippen molar-refractivity contribution >= 4 is 16.6 Å². The van der Waals surface area contributed by atoms with Crippen LogP contribution in [0.2, 0.25) is 0 Å². The van der Waals surface area contributed by atoms with E-state index in [1.807, 2.05) is 6.07 Å². The molecular formula is C23H21NO. The summed E-state index contributed by atoms with van der Waals surface area (Å²) >= 11 is 0. The Kier molecular flexibility index (Phi) is 3.46. The summed E-state index contributed by atoms with van der Waals surface area (Å²) in [6, 6.07) is 21.3. The molecule has 1 heterocycles. The van der Waals surface area contributed by atoms with Gasteiger partial charge in [-0.2, -0.15) is 0 Å². The Morgan fingerprint density at radius 3 is 2.68 bits per heavy atom. The first-order chi connectivity index (χ1) is 12.3. The van der Waals surface area contributed by atoms with Gasteiger partial charge in [-0.25, -0.2) is 0 Å². The molecule has 2 heteroatoms. The normalized spacial score (nSPS) is 22.5. The van der Waals surface area contributed by atoms with Crippen LogP contribution in [-0.2, 0) is 12.8 Å². The zero-order chi connectivity index (χ0) is 16.8. The largest absolute Gasteiger partial charge is 0.309 e. The van der Waals surface area contributed by atoms with Gasteiger partial charge in [0.05, 0.1) is 0 Å². The van der Waals surface area contributed by atoms with Crippen molar-refractivity contribution in [2.24, 2.45) is 5.92 Å². The van der Waals surface area contributed by atoms with Gasteiger partial charge < -0.3 is 5.32 Å². The molecule has 0 fully saturated rings.